The lowest BCUT2D eigenvalue weighted by molar-refractivity contribution is -0.385. The second-order valence-corrected chi connectivity index (χ2v) is 5.75. The van der Waals surface area contributed by atoms with Crippen LogP contribution < -0.4 is 14.8 Å². The van der Waals surface area contributed by atoms with Crippen molar-refractivity contribution in [3.8, 4) is 17.4 Å². The summed E-state index contributed by atoms with van der Waals surface area (Å²) in [6.45, 7) is 2.30. The summed E-state index contributed by atoms with van der Waals surface area (Å²) in [7, 11) is 1.59. The predicted molar refractivity (Wildman–Crippen MR) is 100 cm³/mol. The van der Waals surface area contributed by atoms with Crippen LogP contribution in [0.3, 0.4) is 0 Å². The van der Waals surface area contributed by atoms with Crippen molar-refractivity contribution in [3.63, 3.8) is 0 Å². The van der Waals surface area contributed by atoms with E-state index < -0.39 is 4.92 Å². The van der Waals surface area contributed by atoms with Gasteiger partial charge < -0.3 is 14.8 Å². The Morgan fingerprint density at radius 2 is 1.70 bits per heavy atom. The number of hydrogen-bond donors (Lipinski definition) is 1. The van der Waals surface area contributed by atoms with Crippen LogP contribution >= 0.6 is 0 Å². The van der Waals surface area contributed by atoms with Crippen molar-refractivity contribution >= 4 is 11.5 Å². The van der Waals surface area contributed by atoms with E-state index in [-0.39, 0.29) is 17.4 Å². The first-order chi connectivity index (χ1) is 13.1. The standard InChI is InChI=1S/C19H18N4O4/c1-13-3-7-16(8-4-13)27-19-17(23(24)25)18(21-12-22-19)20-11-14-5-9-15(26-2)10-6-14/h3-10,12H,11H2,1-2H3,(H,20,21,22). The lowest BCUT2D eigenvalue weighted by Crippen LogP contribution is -2.07. The van der Waals surface area contributed by atoms with Gasteiger partial charge in [-0.1, -0.05) is 29.8 Å². The molecule has 0 atom stereocenters. The molecule has 8 nitrogen and oxygen atoms in total. The molecule has 0 radical (unpaired) electrons. The molecule has 1 heterocycles. The van der Waals surface area contributed by atoms with Crippen molar-refractivity contribution in [3.05, 3.63) is 76.1 Å². The maximum atomic E-state index is 11.6. The Balaban J connectivity index is 1.81. The van der Waals surface area contributed by atoms with Gasteiger partial charge in [0, 0.05) is 6.54 Å². The van der Waals surface area contributed by atoms with E-state index in [0.29, 0.717) is 12.3 Å². The molecule has 0 amide bonds. The van der Waals surface area contributed by atoms with Crippen LogP contribution in [0.1, 0.15) is 11.1 Å². The third kappa shape index (κ3) is 4.49. The van der Waals surface area contributed by atoms with Gasteiger partial charge in [-0.2, -0.15) is 4.98 Å². The van der Waals surface area contributed by atoms with Gasteiger partial charge in [-0.3, -0.25) is 10.1 Å². The second kappa shape index (κ2) is 8.13. The van der Waals surface area contributed by atoms with Gasteiger partial charge >= 0.3 is 11.6 Å². The Bertz CT molecular complexity index is 927. The SMILES string of the molecule is COc1ccc(CNc2ncnc(Oc3ccc(C)cc3)c2[N+](=O)[O-])cc1. The third-order valence-corrected chi connectivity index (χ3v) is 3.83. The number of ether oxygens (including phenoxy) is 2. The number of anilines is 1. The molecule has 0 aliphatic heterocycles. The quantitative estimate of drug-likeness (QED) is 0.496. The van der Waals surface area contributed by atoms with E-state index >= 15 is 0 Å². The smallest absolute Gasteiger partial charge is 0.373 e. The summed E-state index contributed by atoms with van der Waals surface area (Å²) in [4.78, 5) is 18.9. The van der Waals surface area contributed by atoms with Gasteiger partial charge in [0.2, 0.25) is 5.82 Å². The van der Waals surface area contributed by atoms with Crippen molar-refractivity contribution in [2.24, 2.45) is 0 Å². The lowest BCUT2D eigenvalue weighted by atomic mass is 10.2. The molecule has 1 N–H and O–H groups in total. The first-order valence-electron chi connectivity index (χ1n) is 8.17. The number of aryl methyl sites for hydroxylation is 1. The van der Waals surface area contributed by atoms with E-state index in [2.05, 4.69) is 15.3 Å². The molecule has 138 valence electrons. The van der Waals surface area contributed by atoms with Gasteiger partial charge in [-0.05, 0) is 36.8 Å². The minimum Gasteiger partial charge on any atom is -0.497 e. The first kappa shape index (κ1) is 18.1. The Morgan fingerprint density at radius 3 is 2.33 bits per heavy atom. The zero-order chi connectivity index (χ0) is 19.2. The molecule has 3 aromatic rings. The topological polar surface area (TPSA) is 99.4 Å². The highest BCUT2D eigenvalue weighted by Gasteiger charge is 2.25. The lowest BCUT2D eigenvalue weighted by Gasteiger charge is -2.10. The monoisotopic (exact) mass is 366 g/mol. The number of nitro groups is 1. The molecule has 0 unspecified atom stereocenters. The normalized spacial score (nSPS) is 10.3. The van der Waals surface area contributed by atoms with Crippen LogP contribution in [0.15, 0.2) is 54.9 Å². The fraction of sp³-hybridized carbons (Fsp3) is 0.158. The second-order valence-electron chi connectivity index (χ2n) is 5.75. The maximum absolute atomic E-state index is 11.6. The number of nitrogens with zero attached hydrogens (tertiary/aromatic N) is 3. The zero-order valence-corrected chi connectivity index (χ0v) is 14.9. The van der Waals surface area contributed by atoms with Crippen LogP contribution in [0.25, 0.3) is 0 Å². The van der Waals surface area contributed by atoms with Gasteiger partial charge in [-0.15, -0.1) is 0 Å². The van der Waals surface area contributed by atoms with Gasteiger partial charge in [0.1, 0.15) is 17.8 Å². The van der Waals surface area contributed by atoms with Gasteiger partial charge in [-0.25, -0.2) is 4.98 Å². The van der Waals surface area contributed by atoms with Crippen LogP contribution in [0.5, 0.6) is 17.4 Å². The molecular weight excluding hydrogens is 348 g/mol. The summed E-state index contributed by atoms with van der Waals surface area (Å²) < 4.78 is 10.7. The fourth-order valence-electron chi connectivity index (χ4n) is 2.38. The van der Waals surface area contributed by atoms with Gasteiger partial charge in [0.15, 0.2) is 0 Å². The highest BCUT2D eigenvalue weighted by atomic mass is 16.6. The zero-order valence-electron chi connectivity index (χ0n) is 14.9. The minimum atomic E-state index is -0.556. The number of benzene rings is 2. The predicted octanol–water partition coefficient (Wildman–Crippen LogP) is 4.11. The molecule has 1 aromatic heterocycles. The molecule has 27 heavy (non-hydrogen) atoms. The van der Waals surface area contributed by atoms with Crippen molar-refractivity contribution in [1.82, 2.24) is 9.97 Å². The highest BCUT2D eigenvalue weighted by molar-refractivity contribution is 5.62. The van der Waals surface area contributed by atoms with Crippen LogP contribution in [-0.2, 0) is 6.54 Å². The van der Waals surface area contributed by atoms with Gasteiger partial charge in [0.05, 0.1) is 12.0 Å². The van der Waals surface area contributed by atoms with Crippen LogP contribution in [-0.4, -0.2) is 22.0 Å². The van der Waals surface area contributed by atoms with Crippen molar-refractivity contribution in [2.75, 3.05) is 12.4 Å². The Morgan fingerprint density at radius 1 is 1.04 bits per heavy atom. The Hall–Kier alpha value is -3.68. The molecule has 8 heteroatoms. The summed E-state index contributed by atoms with van der Waals surface area (Å²) in [5.41, 5.74) is 1.66. The maximum Gasteiger partial charge on any atom is 0.373 e. The summed E-state index contributed by atoms with van der Waals surface area (Å²) in [5, 5.41) is 14.5. The average molecular weight is 366 g/mol. The van der Waals surface area contributed by atoms with E-state index in [4.69, 9.17) is 9.47 Å². The summed E-state index contributed by atoms with van der Waals surface area (Å²) in [6.07, 6.45) is 1.23. The molecule has 0 aliphatic rings. The fourth-order valence-corrected chi connectivity index (χ4v) is 2.38. The Labute approximate surface area is 156 Å². The molecule has 0 saturated heterocycles. The van der Waals surface area contributed by atoms with Gasteiger partial charge in [0.25, 0.3) is 0 Å². The number of aromatic nitrogens is 2. The first-order valence-corrected chi connectivity index (χ1v) is 8.17. The summed E-state index contributed by atoms with van der Waals surface area (Å²) in [5.74, 6) is 1.17. The van der Waals surface area contributed by atoms with Crippen LogP contribution in [0, 0.1) is 17.0 Å². The molecule has 0 spiro atoms. The van der Waals surface area contributed by atoms with E-state index in [0.717, 1.165) is 16.9 Å². The van der Waals surface area contributed by atoms with E-state index in [9.17, 15) is 10.1 Å². The summed E-state index contributed by atoms with van der Waals surface area (Å²) >= 11 is 0. The van der Waals surface area contributed by atoms with Crippen LogP contribution in [0.4, 0.5) is 11.5 Å². The molecule has 0 saturated carbocycles. The molecule has 0 bridgehead atoms. The number of rotatable bonds is 7. The molecule has 0 aliphatic carbocycles. The summed E-state index contributed by atoms with van der Waals surface area (Å²) in [6, 6.07) is 14.5. The van der Waals surface area contributed by atoms with Crippen molar-refractivity contribution in [1.29, 1.82) is 0 Å². The number of nitrogens with one attached hydrogen (secondary N) is 1. The van der Waals surface area contributed by atoms with Crippen LogP contribution in [0.2, 0.25) is 0 Å². The Kier molecular flexibility index (Phi) is 5.46. The van der Waals surface area contributed by atoms with Crippen molar-refractivity contribution in [2.45, 2.75) is 13.5 Å². The number of methoxy groups -OCH3 is 1. The minimum absolute atomic E-state index is 0.0907. The molecule has 3 rings (SSSR count). The highest BCUT2D eigenvalue weighted by Crippen LogP contribution is 2.34. The molecule has 2 aromatic carbocycles. The average Bonchev–Trinajstić information content (AvgIpc) is 2.68. The van der Waals surface area contributed by atoms with E-state index in [1.165, 1.54) is 6.33 Å². The molecule has 0 fully saturated rings. The van der Waals surface area contributed by atoms with E-state index in [1.807, 2.05) is 43.3 Å². The number of hydrogen-bond acceptors (Lipinski definition) is 7. The molecular formula is C19H18N4O4. The van der Waals surface area contributed by atoms with Crippen molar-refractivity contribution < 1.29 is 14.4 Å². The third-order valence-electron chi connectivity index (χ3n) is 3.83. The van der Waals surface area contributed by atoms with E-state index in [1.54, 1.807) is 19.2 Å². The largest absolute Gasteiger partial charge is 0.497 e.